The second-order valence-corrected chi connectivity index (χ2v) is 5.82. The van der Waals surface area contributed by atoms with E-state index < -0.39 is 0 Å². The Kier molecular flexibility index (Phi) is 5.98. The van der Waals surface area contributed by atoms with Crippen LogP contribution in [0.4, 0.5) is 0 Å². The number of nitrogens with zero attached hydrogens (tertiary/aromatic N) is 2. The van der Waals surface area contributed by atoms with E-state index in [1.165, 1.54) is 0 Å². The van der Waals surface area contributed by atoms with Crippen LogP contribution in [0.3, 0.4) is 0 Å². The molecule has 6 heteroatoms. The summed E-state index contributed by atoms with van der Waals surface area (Å²) in [6, 6.07) is 7.97. The number of aromatic nitrogens is 2. The van der Waals surface area contributed by atoms with Gasteiger partial charge in [0.15, 0.2) is 0 Å². The van der Waals surface area contributed by atoms with Crippen LogP contribution in [0.5, 0.6) is 0 Å². The van der Waals surface area contributed by atoms with Crippen molar-refractivity contribution in [1.29, 1.82) is 0 Å². The summed E-state index contributed by atoms with van der Waals surface area (Å²) in [6.07, 6.45) is 1.20. The summed E-state index contributed by atoms with van der Waals surface area (Å²) in [5.41, 5.74) is 1.79. The van der Waals surface area contributed by atoms with Crippen LogP contribution in [-0.2, 0) is 17.9 Å². The van der Waals surface area contributed by atoms with Gasteiger partial charge in [0.25, 0.3) is 0 Å². The Balaban J connectivity index is 2.13. The zero-order valence-corrected chi connectivity index (χ0v) is 14.1. The van der Waals surface area contributed by atoms with E-state index in [1.807, 2.05) is 38.2 Å². The van der Waals surface area contributed by atoms with Crippen molar-refractivity contribution in [2.24, 2.45) is 0 Å². The highest BCUT2D eigenvalue weighted by atomic mass is 16.2. The number of para-hydroxylation sites is 2. The van der Waals surface area contributed by atoms with Gasteiger partial charge in [-0.25, -0.2) is 4.79 Å². The van der Waals surface area contributed by atoms with Gasteiger partial charge in [-0.15, -0.1) is 0 Å². The molecule has 1 aromatic carbocycles. The fourth-order valence-electron chi connectivity index (χ4n) is 2.60. The number of amides is 1. The van der Waals surface area contributed by atoms with E-state index in [-0.39, 0.29) is 17.6 Å². The first-order chi connectivity index (χ1) is 11.1. The van der Waals surface area contributed by atoms with Gasteiger partial charge in [-0.05, 0) is 32.5 Å². The molecule has 0 spiro atoms. The molecule has 0 aliphatic rings. The van der Waals surface area contributed by atoms with Crippen LogP contribution in [0.25, 0.3) is 11.0 Å². The molecule has 0 radical (unpaired) electrons. The molecule has 6 nitrogen and oxygen atoms in total. The lowest BCUT2D eigenvalue weighted by Crippen LogP contribution is -2.37. The number of carbonyl (C=O) groups excluding carboxylic acids is 1. The molecule has 0 fully saturated rings. The maximum atomic E-state index is 12.6. The molecule has 0 bridgehead atoms. The largest absolute Gasteiger partial charge is 0.354 e. The summed E-state index contributed by atoms with van der Waals surface area (Å²) in [5, 5.41) is 5.95. The molecule has 1 amide bonds. The smallest absolute Gasteiger partial charge is 0.329 e. The Morgan fingerprint density at radius 1 is 1.17 bits per heavy atom. The second-order valence-electron chi connectivity index (χ2n) is 5.82. The molecule has 1 atom stereocenters. The third-order valence-electron chi connectivity index (χ3n) is 4.03. The van der Waals surface area contributed by atoms with Crippen molar-refractivity contribution in [1.82, 2.24) is 19.8 Å². The number of nitrogens with one attached hydrogen (secondary N) is 2. The minimum atomic E-state index is -0.0376. The maximum absolute atomic E-state index is 12.6. The average molecular weight is 318 g/mol. The van der Waals surface area contributed by atoms with Crippen molar-refractivity contribution < 1.29 is 4.79 Å². The fraction of sp³-hybridized carbons (Fsp3) is 0.529. The topological polar surface area (TPSA) is 68.1 Å². The predicted molar refractivity (Wildman–Crippen MR) is 92.6 cm³/mol. The monoisotopic (exact) mass is 318 g/mol. The van der Waals surface area contributed by atoms with Crippen molar-refractivity contribution in [2.45, 2.75) is 45.8 Å². The lowest BCUT2D eigenvalue weighted by atomic mass is 10.3. The fourth-order valence-corrected chi connectivity index (χ4v) is 2.60. The first-order valence-corrected chi connectivity index (χ1v) is 8.20. The van der Waals surface area contributed by atoms with Crippen molar-refractivity contribution in [3.05, 3.63) is 34.7 Å². The summed E-state index contributed by atoms with van der Waals surface area (Å²) in [6.45, 7) is 5.73. The van der Waals surface area contributed by atoms with Crippen molar-refractivity contribution >= 4 is 16.9 Å². The third-order valence-corrected chi connectivity index (χ3v) is 4.03. The zero-order chi connectivity index (χ0) is 16.8. The molecule has 23 heavy (non-hydrogen) atoms. The molecule has 0 saturated carbocycles. The number of likely N-dealkylation sites (N-methyl/N-ethyl adjacent to an activating group) is 1. The SMILES string of the molecule is CCCn1c(=O)n(CCC(=O)NCC(C)NC)c2ccccc21. The van der Waals surface area contributed by atoms with E-state index in [2.05, 4.69) is 17.6 Å². The molecule has 2 aromatic rings. The molecule has 1 aromatic heterocycles. The third kappa shape index (κ3) is 4.01. The van der Waals surface area contributed by atoms with Crippen LogP contribution >= 0.6 is 0 Å². The van der Waals surface area contributed by atoms with E-state index in [0.29, 0.717) is 26.1 Å². The van der Waals surface area contributed by atoms with Gasteiger partial charge in [-0.2, -0.15) is 0 Å². The quantitative estimate of drug-likeness (QED) is 0.771. The number of rotatable bonds is 8. The molecule has 1 heterocycles. The Bertz CT molecular complexity index is 717. The molecule has 1 unspecified atom stereocenters. The van der Waals surface area contributed by atoms with Gasteiger partial charge in [-0.3, -0.25) is 13.9 Å². The number of carbonyl (C=O) groups is 1. The van der Waals surface area contributed by atoms with Crippen LogP contribution in [0.15, 0.2) is 29.1 Å². The number of hydrogen-bond acceptors (Lipinski definition) is 3. The van der Waals surface area contributed by atoms with Gasteiger partial charge in [0.2, 0.25) is 5.91 Å². The van der Waals surface area contributed by atoms with Gasteiger partial charge in [0.1, 0.15) is 0 Å². The number of hydrogen-bond donors (Lipinski definition) is 2. The van der Waals surface area contributed by atoms with E-state index in [9.17, 15) is 9.59 Å². The van der Waals surface area contributed by atoms with E-state index in [0.717, 1.165) is 17.5 Å². The first-order valence-electron chi connectivity index (χ1n) is 8.20. The van der Waals surface area contributed by atoms with E-state index >= 15 is 0 Å². The number of aryl methyl sites for hydroxylation is 2. The highest BCUT2D eigenvalue weighted by Gasteiger charge is 2.13. The van der Waals surface area contributed by atoms with E-state index in [1.54, 1.807) is 9.13 Å². The van der Waals surface area contributed by atoms with Gasteiger partial charge in [0, 0.05) is 32.1 Å². The summed E-state index contributed by atoms with van der Waals surface area (Å²) >= 11 is 0. The number of fused-ring (bicyclic) bond motifs is 1. The standard InChI is InChI=1S/C17H26N4O2/c1-4-10-20-14-7-5-6-8-15(14)21(17(20)23)11-9-16(22)19-12-13(2)18-3/h5-8,13,18H,4,9-12H2,1-3H3,(H,19,22). The molecule has 0 aliphatic heterocycles. The zero-order valence-electron chi connectivity index (χ0n) is 14.1. The summed E-state index contributed by atoms with van der Waals surface area (Å²) in [7, 11) is 1.86. The van der Waals surface area contributed by atoms with Crippen LogP contribution in [0, 0.1) is 0 Å². The summed E-state index contributed by atoms with van der Waals surface area (Å²) < 4.78 is 3.49. The number of benzene rings is 1. The van der Waals surface area contributed by atoms with Crippen LogP contribution in [0.2, 0.25) is 0 Å². The highest BCUT2D eigenvalue weighted by molar-refractivity contribution is 5.78. The van der Waals surface area contributed by atoms with Gasteiger partial charge < -0.3 is 10.6 Å². The van der Waals surface area contributed by atoms with E-state index in [4.69, 9.17) is 0 Å². The molecule has 2 N–H and O–H groups in total. The maximum Gasteiger partial charge on any atom is 0.329 e. The minimum absolute atomic E-state index is 0.0358. The molecule has 0 aliphatic carbocycles. The first kappa shape index (κ1) is 17.3. The Morgan fingerprint density at radius 3 is 2.35 bits per heavy atom. The normalized spacial score (nSPS) is 12.5. The summed E-state index contributed by atoms with van der Waals surface area (Å²) in [4.78, 5) is 24.5. The number of imidazole rings is 1. The molecule has 2 rings (SSSR count). The highest BCUT2D eigenvalue weighted by Crippen LogP contribution is 2.13. The van der Waals surface area contributed by atoms with Crippen LogP contribution in [-0.4, -0.2) is 34.7 Å². The van der Waals surface area contributed by atoms with Crippen LogP contribution in [0.1, 0.15) is 26.7 Å². The van der Waals surface area contributed by atoms with Gasteiger partial charge >= 0.3 is 5.69 Å². The minimum Gasteiger partial charge on any atom is -0.354 e. The lowest BCUT2D eigenvalue weighted by molar-refractivity contribution is -0.121. The predicted octanol–water partition coefficient (Wildman–Crippen LogP) is 1.33. The van der Waals surface area contributed by atoms with Gasteiger partial charge in [-0.1, -0.05) is 19.1 Å². The van der Waals surface area contributed by atoms with Crippen LogP contribution < -0.4 is 16.3 Å². The summed E-state index contributed by atoms with van der Waals surface area (Å²) in [5.74, 6) is -0.0358. The molecule has 126 valence electrons. The van der Waals surface area contributed by atoms with Gasteiger partial charge in [0.05, 0.1) is 11.0 Å². The second kappa shape index (κ2) is 7.97. The van der Waals surface area contributed by atoms with Crippen molar-refractivity contribution in [3.8, 4) is 0 Å². The Labute approximate surface area is 136 Å². The van der Waals surface area contributed by atoms with Crippen molar-refractivity contribution in [3.63, 3.8) is 0 Å². The Hall–Kier alpha value is -2.08. The molecule has 0 saturated heterocycles. The average Bonchev–Trinajstić information content (AvgIpc) is 2.83. The Morgan fingerprint density at radius 2 is 1.78 bits per heavy atom. The lowest BCUT2D eigenvalue weighted by Gasteiger charge is -2.11. The van der Waals surface area contributed by atoms with Crippen molar-refractivity contribution in [2.75, 3.05) is 13.6 Å². The molecular weight excluding hydrogens is 292 g/mol. The molecular formula is C17H26N4O2.